The number of aryl methyl sites for hydroxylation is 1. The Kier molecular flexibility index (Phi) is 3.82. The molecular formula is C19H21N7S. The minimum Gasteiger partial charge on any atom is -0.341 e. The summed E-state index contributed by atoms with van der Waals surface area (Å²) in [6, 6.07) is 8.51. The fourth-order valence-electron chi connectivity index (χ4n) is 4.18. The van der Waals surface area contributed by atoms with Crippen molar-refractivity contribution in [3.05, 3.63) is 65.8 Å². The van der Waals surface area contributed by atoms with Crippen LogP contribution in [0.25, 0.3) is 0 Å². The van der Waals surface area contributed by atoms with E-state index in [1.54, 1.807) is 12.7 Å². The molecule has 1 fully saturated rings. The van der Waals surface area contributed by atoms with Gasteiger partial charge in [0.1, 0.15) is 18.7 Å². The largest absolute Gasteiger partial charge is 0.341 e. The van der Waals surface area contributed by atoms with Gasteiger partial charge in [0.25, 0.3) is 0 Å². The van der Waals surface area contributed by atoms with Crippen LogP contribution in [0.5, 0.6) is 0 Å². The molecular weight excluding hydrogens is 358 g/mol. The second kappa shape index (κ2) is 6.23. The smallest absolute Gasteiger partial charge is 0.160 e. The van der Waals surface area contributed by atoms with E-state index in [0.29, 0.717) is 5.25 Å². The van der Waals surface area contributed by atoms with Crippen molar-refractivity contribution >= 4 is 16.9 Å². The minimum absolute atomic E-state index is 0.0102. The molecule has 3 aromatic rings. The Labute approximate surface area is 162 Å². The maximum atomic E-state index is 5.07. The van der Waals surface area contributed by atoms with Gasteiger partial charge in [0.15, 0.2) is 5.17 Å². The molecule has 0 bridgehead atoms. The van der Waals surface area contributed by atoms with E-state index < -0.39 is 0 Å². The van der Waals surface area contributed by atoms with E-state index in [1.807, 2.05) is 34.8 Å². The number of pyridine rings is 1. The molecule has 138 valence electrons. The number of thioether (sulfide) groups is 1. The van der Waals surface area contributed by atoms with Crippen LogP contribution in [0.1, 0.15) is 41.7 Å². The van der Waals surface area contributed by atoms with Crippen molar-refractivity contribution in [2.24, 2.45) is 4.99 Å². The standard InChI is InChI=1S/C19H21N7S/c1-12-8-15(14(3)26(12)24-10-21-22-11-24)18-17(16-6-4-5-7-20-16)23-19-25(18)9-13(2)27-19/h4-8,10-11,13,17-18H,9H2,1-3H3/t13-,17-,18-/m0/s1. The molecule has 0 aromatic carbocycles. The summed E-state index contributed by atoms with van der Waals surface area (Å²) in [6.45, 7) is 7.54. The number of nitrogens with zero attached hydrogens (tertiary/aromatic N) is 7. The second-order valence-electron chi connectivity index (χ2n) is 7.12. The quantitative estimate of drug-likeness (QED) is 0.700. The average molecular weight is 379 g/mol. The van der Waals surface area contributed by atoms with Crippen LogP contribution < -0.4 is 0 Å². The third-order valence-corrected chi connectivity index (χ3v) is 6.37. The summed E-state index contributed by atoms with van der Waals surface area (Å²) >= 11 is 1.86. The Morgan fingerprint density at radius 2 is 1.96 bits per heavy atom. The highest BCUT2D eigenvalue weighted by molar-refractivity contribution is 8.14. The Hall–Kier alpha value is -2.61. The normalized spacial score (nSPS) is 24.3. The molecule has 0 amide bonds. The van der Waals surface area contributed by atoms with Crippen molar-refractivity contribution in [2.45, 2.75) is 38.1 Å². The minimum atomic E-state index is 0.0102. The monoisotopic (exact) mass is 379 g/mol. The molecule has 7 nitrogen and oxygen atoms in total. The second-order valence-corrected chi connectivity index (χ2v) is 8.52. The average Bonchev–Trinajstić information content (AvgIpc) is 3.40. The molecule has 27 heavy (non-hydrogen) atoms. The number of hydrogen-bond donors (Lipinski definition) is 0. The number of fused-ring (bicyclic) bond motifs is 1. The Morgan fingerprint density at radius 3 is 2.70 bits per heavy atom. The number of rotatable bonds is 3. The van der Waals surface area contributed by atoms with E-state index in [-0.39, 0.29) is 12.1 Å². The fourth-order valence-corrected chi connectivity index (χ4v) is 5.28. The van der Waals surface area contributed by atoms with Crippen molar-refractivity contribution in [1.82, 2.24) is 29.4 Å². The molecule has 0 aliphatic carbocycles. The summed E-state index contributed by atoms with van der Waals surface area (Å²) in [6.07, 6.45) is 5.31. The van der Waals surface area contributed by atoms with Crippen LogP contribution in [-0.2, 0) is 0 Å². The first-order chi connectivity index (χ1) is 13.1. The van der Waals surface area contributed by atoms with Gasteiger partial charge >= 0.3 is 0 Å². The number of amidine groups is 1. The molecule has 3 aromatic heterocycles. The highest BCUT2D eigenvalue weighted by Gasteiger charge is 2.44. The zero-order valence-electron chi connectivity index (χ0n) is 15.5. The Bertz CT molecular complexity index is 993. The topological polar surface area (TPSA) is 64.1 Å². The predicted octanol–water partition coefficient (Wildman–Crippen LogP) is 2.99. The van der Waals surface area contributed by atoms with Crippen molar-refractivity contribution in [3.8, 4) is 0 Å². The van der Waals surface area contributed by atoms with Gasteiger partial charge in [-0.15, -0.1) is 10.2 Å². The van der Waals surface area contributed by atoms with Crippen molar-refractivity contribution < 1.29 is 0 Å². The van der Waals surface area contributed by atoms with Crippen LogP contribution in [0.4, 0.5) is 0 Å². The highest BCUT2D eigenvalue weighted by atomic mass is 32.2. The van der Waals surface area contributed by atoms with Crippen LogP contribution in [0.3, 0.4) is 0 Å². The van der Waals surface area contributed by atoms with E-state index in [1.165, 1.54) is 11.3 Å². The maximum Gasteiger partial charge on any atom is 0.160 e. The Morgan fingerprint density at radius 1 is 1.15 bits per heavy atom. The lowest BCUT2D eigenvalue weighted by Crippen LogP contribution is -2.29. The molecule has 0 unspecified atom stereocenters. The van der Waals surface area contributed by atoms with Gasteiger partial charge in [0.2, 0.25) is 0 Å². The molecule has 3 atom stereocenters. The first kappa shape index (κ1) is 16.6. The van der Waals surface area contributed by atoms with E-state index in [0.717, 1.165) is 23.1 Å². The summed E-state index contributed by atoms with van der Waals surface area (Å²) in [4.78, 5) is 12.1. The van der Waals surface area contributed by atoms with Crippen molar-refractivity contribution in [1.29, 1.82) is 0 Å². The first-order valence-electron chi connectivity index (χ1n) is 9.09. The van der Waals surface area contributed by atoms with Gasteiger partial charge < -0.3 is 4.90 Å². The van der Waals surface area contributed by atoms with E-state index in [4.69, 9.17) is 4.99 Å². The fraction of sp³-hybridized carbons (Fsp3) is 0.368. The van der Waals surface area contributed by atoms with Gasteiger partial charge in [-0.1, -0.05) is 24.8 Å². The molecule has 0 radical (unpaired) electrons. The van der Waals surface area contributed by atoms with Crippen molar-refractivity contribution in [2.75, 3.05) is 6.54 Å². The van der Waals surface area contributed by atoms with Gasteiger partial charge in [0.05, 0.1) is 11.7 Å². The van der Waals surface area contributed by atoms with Crippen LogP contribution in [0, 0.1) is 13.8 Å². The summed E-state index contributed by atoms with van der Waals surface area (Å²) in [5, 5.41) is 9.61. The van der Waals surface area contributed by atoms with Crippen molar-refractivity contribution in [3.63, 3.8) is 0 Å². The number of aromatic nitrogens is 5. The summed E-state index contributed by atoms with van der Waals surface area (Å²) in [5.74, 6) is 0. The zero-order valence-corrected chi connectivity index (χ0v) is 16.3. The van der Waals surface area contributed by atoms with Gasteiger partial charge in [-0.3, -0.25) is 14.7 Å². The molecule has 8 heteroatoms. The lowest BCUT2D eigenvalue weighted by atomic mass is 9.96. The lowest BCUT2D eigenvalue weighted by Gasteiger charge is -2.27. The lowest BCUT2D eigenvalue weighted by molar-refractivity contribution is 0.319. The Balaban J connectivity index is 1.63. The molecule has 2 aliphatic rings. The van der Waals surface area contributed by atoms with Gasteiger partial charge in [-0.2, -0.15) is 0 Å². The SMILES string of the molecule is Cc1cc([C@H]2[C@H](c3ccccn3)N=C3S[C@@H](C)CN32)c(C)n1-n1cnnc1. The maximum absolute atomic E-state index is 5.07. The molecule has 5 rings (SSSR count). The molecule has 0 N–H and O–H groups in total. The molecule has 2 aliphatic heterocycles. The van der Waals surface area contributed by atoms with Crippen LogP contribution in [-0.4, -0.2) is 46.4 Å². The predicted molar refractivity (Wildman–Crippen MR) is 106 cm³/mol. The number of aliphatic imine (C=N–C) groups is 1. The van der Waals surface area contributed by atoms with E-state index in [9.17, 15) is 0 Å². The van der Waals surface area contributed by atoms with E-state index in [2.05, 4.69) is 57.7 Å². The zero-order chi connectivity index (χ0) is 18.5. The summed E-state index contributed by atoms with van der Waals surface area (Å²) < 4.78 is 4.07. The molecule has 0 spiro atoms. The van der Waals surface area contributed by atoms with Gasteiger partial charge in [-0.05, 0) is 32.0 Å². The van der Waals surface area contributed by atoms with Gasteiger partial charge in [-0.25, -0.2) is 4.68 Å². The molecule has 5 heterocycles. The summed E-state index contributed by atoms with van der Waals surface area (Å²) in [5.41, 5.74) is 4.63. The van der Waals surface area contributed by atoms with Gasteiger partial charge in [0, 0.05) is 34.9 Å². The van der Waals surface area contributed by atoms with E-state index >= 15 is 0 Å². The van der Waals surface area contributed by atoms with Crippen LogP contribution in [0.2, 0.25) is 0 Å². The highest BCUT2D eigenvalue weighted by Crippen LogP contribution is 2.48. The molecule has 0 saturated carbocycles. The first-order valence-corrected chi connectivity index (χ1v) is 9.97. The van der Waals surface area contributed by atoms with Crippen LogP contribution in [0.15, 0.2) is 48.1 Å². The molecule has 1 saturated heterocycles. The number of hydrogen-bond acceptors (Lipinski definition) is 6. The third kappa shape index (κ3) is 2.58. The third-order valence-electron chi connectivity index (χ3n) is 5.27. The van der Waals surface area contributed by atoms with Crippen LogP contribution >= 0.6 is 11.8 Å². The summed E-state index contributed by atoms with van der Waals surface area (Å²) in [7, 11) is 0.